The van der Waals surface area contributed by atoms with Gasteiger partial charge in [-0.1, -0.05) is 18.2 Å². The van der Waals surface area contributed by atoms with Gasteiger partial charge in [-0.15, -0.1) is 11.8 Å². The van der Waals surface area contributed by atoms with E-state index in [4.69, 9.17) is 0 Å². The highest BCUT2D eigenvalue weighted by molar-refractivity contribution is 7.98. The molecule has 1 N–H and O–H groups in total. The van der Waals surface area contributed by atoms with Gasteiger partial charge in [0.1, 0.15) is 0 Å². The van der Waals surface area contributed by atoms with Gasteiger partial charge >= 0.3 is 6.18 Å². The van der Waals surface area contributed by atoms with E-state index < -0.39 is 11.7 Å². The van der Waals surface area contributed by atoms with Gasteiger partial charge in [0, 0.05) is 16.5 Å². The van der Waals surface area contributed by atoms with Crippen molar-refractivity contribution >= 4 is 23.4 Å². The van der Waals surface area contributed by atoms with E-state index in [0.717, 1.165) is 28.3 Å². The van der Waals surface area contributed by atoms with Gasteiger partial charge in [-0.2, -0.15) is 13.2 Å². The van der Waals surface area contributed by atoms with Crippen molar-refractivity contribution in [3.8, 4) is 0 Å². The number of carbonyl (C=O) groups excluding carboxylic acids is 1. The van der Waals surface area contributed by atoms with Gasteiger partial charge in [0.15, 0.2) is 0 Å². The van der Waals surface area contributed by atoms with Crippen LogP contribution in [-0.4, -0.2) is 12.2 Å². The maximum Gasteiger partial charge on any atom is 0.416 e. The summed E-state index contributed by atoms with van der Waals surface area (Å²) in [6.45, 7) is 0. The topological polar surface area (TPSA) is 29.1 Å². The van der Waals surface area contributed by atoms with Crippen molar-refractivity contribution in [2.75, 3.05) is 11.6 Å². The van der Waals surface area contributed by atoms with E-state index in [1.54, 1.807) is 11.8 Å². The minimum atomic E-state index is -4.33. The van der Waals surface area contributed by atoms with Crippen LogP contribution in [0.3, 0.4) is 0 Å². The molecular weight excluding hydrogens is 335 g/mol. The first-order valence-corrected chi connectivity index (χ1v) is 8.73. The van der Waals surface area contributed by atoms with E-state index in [1.807, 2.05) is 30.5 Å². The summed E-state index contributed by atoms with van der Waals surface area (Å²) in [5.41, 5.74) is 0.854. The van der Waals surface area contributed by atoms with Crippen LogP contribution >= 0.6 is 11.8 Å². The molecule has 0 aromatic heterocycles. The molecule has 1 amide bonds. The van der Waals surface area contributed by atoms with Crippen LogP contribution in [0.1, 0.15) is 23.5 Å². The van der Waals surface area contributed by atoms with Crippen molar-refractivity contribution < 1.29 is 18.0 Å². The van der Waals surface area contributed by atoms with Gasteiger partial charge in [-0.05, 0) is 54.5 Å². The molecule has 1 aliphatic carbocycles. The molecule has 2 nitrogen and oxygen atoms in total. The molecule has 2 aromatic carbocycles. The number of rotatable bonds is 4. The predicted molar refractivity (Wildman–Crippen MR) is 89.1 cm³/mol. The number of hydrogen-bond acceptors (Lipinski definition) is 2. The Labute approximate surface area is 142 Å². The number of amides is 1. The Hall–Kier alpha value is -1.95. The summed E-state index contributed by atoms with van der Waals surface area (Å²) >= 11 is 1.59. The molecule has 6 heteroatoms. The van der Waals surface area contributed by atoms with Gasteiger partial charge in [0.25, 0.3) is 0 Å². The largest absolute Gasteiger partial charge is 0.416 e. The molecule has 24 heavy (non-hydrogen) atoms. The van der Waals surface area contributed by atoms with Gasteiger partial charge in [0.05, 0.1) is 5.56 Å². The average Bonchev–Trinajstić information content (AvgIpc) is 3.35. The second-order valence-corrected chi connectivity index (χ2v) is 6.67. The van der Waals surface area contributed by atoms with Crippen LogP contribution in [0.5, 0.6) is 0 Å². The standard InChI is InChI=1S/C18H16F3NOS/c1-24-14-4-2-3-13(9-14)22-17(23)16-10-15(16)11-5-7-12(8-6-11)18(19,20)21/h2-9,15-16H,10H2,1H3,(H,22,23). The SMILES string of the molecule is CSc1cccc(NC(=O)C2CC2c2ccc(C(F)(F)F)cc2)c1. The fraction of sp³-hybridized carbons (Fsp3) is 0.278. The lowest BCUT2D eigenvalue weighted by Gasteiger charge is -2.08. The number of thioether (sulfide) groups is 1. The summed E-state index contributed by atoms with van der Waals surface area (Å²) < 4.78 is 37.7. The second-order valence-electron chi connectivity index (χ2n) is 5.79. The van der Waals surface area contributed by atoms with Crippen LogP contribution < -0.4 is 5.32 Å². The number of anilines is 1. The molecule has 1 aliphatic rings. The minimum Gasteiger partial charge on any atom is -0.326 e. The van der Waals surface area contributed by atoms with Crippen LogP contribution in [0, 0.1) is 5.92 Å². The molecule has 2 unspecified atom stereocenters. The zero-order chi connectivity index (χ0) is 17.3. The molecular formula is C18H16F3NOS. The maximum absolute atomic E-state index is 12.6. The van der Waals surface area contributed by atoms with Crippen LogP contribution in [-0.2, 0) is 11.0 Å². The Morgan fingerprint density at radius 1 is 1.17 bits per heavy atom. The van der Waals surface area contributed by atoms with E-state index in [9.17, 15) is 18.0 Å². The number of nitrogens with one attached hydrogen (secondary N) is 1. The second kappa shape index (κ2) is 6.51. The Bertz CT molecular complexity index is 743. The van der Waals surface area contributed by atoms with Gasteiger partial charge in [-0.25, -0.2) is 0 Å². The highest BCUT2D eigenvalue weighted by atomic mass is 32.2. The predicted octanol–water partition coefficient (Wildman–Crippen LogP) is 5.17. The van der Waals surface area contributed by atoms with Crippen LogP contribution in [0.25, 0.3) is 0 Å². The average molecular weight is 351 g/mol. The summed E-state index contributed by atoms with van der Waals surface area (Å²) in [7, 11) is 0. The molecule has 0 radical (unpaired) electrons. The summed E-state index contributed by atoms with van der Waals surface area (Å²) in [5.74, 6) is -0.270. The highest BCUT2D eigenvalue weighted by Crippen LogP contribution is 2.48. The van der Waals surface area contributed by atoms with Gasteiger partial charge in [-0.3, -0.25) is 4.79 Å². The molecule has 126 valence electrons. The van der Waals surface area contributed by atoms with Crippen molar-refractivity contribution in [3.05, 3.63) is 59.7 Å². The monoisotopic (exact) mass is 351 g/mol. The number of benzene rings is 2. The van der Waals surface area contributed by atoms with Crippen LogP contribution in [0.4, 0.5) is 18.9 Å². The third-order valence-corrected chi connectivity index (χ3v) is 4.86. The van der Waals surface area contributed by atoms with Crippen molar-refractivity contribution in [2.24, 2.45) is 5.92 Å². The fourth-order valence-electron chi connectivity index (χ4n) is 2.71. The molecule has 0 aliphatic heterocycles. The lowest BCUT2D eigenvalue weighted by Crippen LogP contribution is -2.14. The smallest absolute Gasteiger partial charge is 0.326 e. The third kappa shape index (κ3) is 3.75. The number of carbonyl (C=O) groups is 1. The van der Waals surface area contributed by atoms with Gasteiger partial charge in [0.2, 0.25) is 5.91 Å². The Balaban J connectivity index is 1.63. The van der Waals surface area contributed by atoms with E-state index in [-0.39, 0.29) is 17.7 Å². The fourth-order valence-corrected chi connectivity index (χ4v) is 3.17. The minimum absolute atomic E-state index is 0.00369. The molecule has 1 fully saturated rings. The lowest BCUT2D eigenvalue weighted by atomic mass is 10.1. The van der Waals surface area contributed by atoms with Gasteiger partial charge < -0.3 is 5.32 Å². The third-order valence-electron chi connectivity index (χ3n) is 4.13. The van der Waals surface area contributed by atoms with Crippen molar-refractivity contribution in [1.82, 2.24) is 0 Å². The molecule has 1 saturated carbocycles. The van der Waals surface area contributed by atoms with E-state index in [0.29, 0.717) is 6.42 Å². The molecule has 0 spiro atoms. The van der Waals surface area contributed by atoms with E-state index >= 15 is 0 Å². The zero-order valence-electron chi connectivity index (χ0n) is 12.9. The maximum atomic E-state index is 12.6. The quantitative estimate of drug-likeness (QED) is 0.770. The normalized spacial score (nSPS) is 19.8. The van der Waals surface area contributed by atoms with Crippen LogP contribution in [0.15, 0.2) is 53.4 Å². The molecule has 0 bridgehead atoms. The van der Waals surface area contributed by atoms with E-state index in [1.165, 1.54) is 12.1 Å². The first-order chi connectivity index (χ1) is 11.4. The Kier molecular flexibility index (Phi) is 4.58. The Morgan fingerprint density at radius 2 is 1.88 bits per heavy atom. The molecule has 3 rings (SSSR count). The number of alkyl halides is 3. The first kappa shape index (κ1) is 16.9. The van der Waals surface area contributed by atoms with Crippen LogP contribution in [0.2, 0.25) is 0 Å². The Morgan fingerprint density at radius 3 is 2.50 bits per heavy atom. The summed E-state index contributed by atoms with van der Waals surface area (Å²) in [5, 5.41) is 2.88. The molecule has 2 atom stereocenters. The first-order valence-electron chi connectivity index (χ1n) is 7.50. The summed E-state index contributed by atoms with van der Waals surface area (Å²) in [6, 6.07) is 12.6. The van der Waals surface area contributed by atoms with E-state index in [2.05, 4.69) is 5.32 Å². The number of hydrogen-bond donors (Lipinski definition) is 1. The summed E-state index contributed by atoms with van der Waals surface area (Å²) in [4.78, 5) is 13.3. The molecule has 2 aromatic rings. The molecule has 0 heterocycles. The summed E-state index contributed by atoms with van der Waals surface area (Å²) in [6.07, 6.45) is -1.71. The lowest BCUT2D eigenvalue weighted by molar-refractivity contribution is -0.137. The van der Waals surface area contributed by atoms with Crippen molar-refractivity contribution in [2.45, 2.75) is 23.4 Å². The highest BCUT2D eigenvalue weighted by Gasteiger charge is 2.44. The number of halogens is 3. The zero-order valence-corrected chi connectivity index (χ0v) is 13.7. The van der Waals surface area contributed by atoms with Crippen molar-refractivity contribution in [1.29, 1.82) is 0 Å². The van der Waals surface area contributed by atoms with Crippen molar-refractivity contribution in [3.63, 3.8) is 0 Å². The molecule has 0 saturated heterocycles.